The third-order valence-corrected chi connectivity index (χ3v) is 7.13. The predicted octanol–water partition coefficient (Wildman–Crippen LogP) is 7.04. The van der Waals surface area contributed by atoms with E-state index in [1.165, 1.54) is 39.3 Å². The SMILES string of the molecule is CC(C)(C)c1c2c3c4c(cccc4c4c5c3c3c(cccc13)C5=CCC4)C2. The molecule has 4 aromatic carbocycles. The minimum absolute atomic E-state index is 0.141. The summed E-state index contributed by atoms with van der Waals surface area (Å²) in [5.74, 6) is 0. The predicted molar refractivity (Wildman–Crippen MR) is 116 cm³/mol. The van der Waals surface area contributed by atoms with Gasteiger partial charge in [-0.05, 0) is 95.9 Å². The van der Waals surface area contributed by atoms with Crippen LogP contribution in [0.4, 0.5) is 0 Å². The van der Waals surface area contributed by atoms with E-state index >= 15 is 0 Å². The van der Waals surface area contributed by atoms with E-state index in [1.807, 2.05) is 0 Å². The average Bonchev–Trinajstić information content (AvgIpc) is 3.18. The Kier molecular flexibility index (Phi) is 2.29. The summed E-state index contributed by atoms with van der Waals surface area (Å²) in [6.45, 7) is 7.16. The molecule has 0 atom stereocenters. The molecule has 0 amide bonds. The molecule has 0 heterocycles. The fourth-order valence-corrected chi connectivity index (χ4v) is 6.41. The summed E-state index contributed by atoms with van der Waals surface area (Å²) in [7, 11) is 0. The second-order valence-corrected chi connectivity index (χ2v) is 9.61. The maximum Gasteiger partial charge on any atom is -0.000802 e. The molecule has 0 aliphatic heterocycles. The third kappa shape index (κ3) is 1.47. The molecule has 0 heteroatoms. The lowest BCUT2D eigenvalue weighted by molar-refractivity contribution is 0.591. The number of benzene rings is 4. The topological polar surface area (TPSA) is 0 Å². The van der Waals surface area contributed by atoms with E-state index < -0.39 is 0 Å². The average molecular weight is 346 g/mol. The first-order valence-corrected chi connectivity index (χ1v) is 10.2. The minimum atomic E-state index is 0.141. The van der Waals surface area contributed by atoms with Crippen molar-refractivity contribution in [3.8, 4) is 0 Å². The second kappa shape index (κ2) is 4.28. The van der Waals surface area contributed by atoms with E-state index in [-0.39, 0.29) is 5.41 Å². The smallest absolute Gasteiger partial charge is 0.000802 e. The Labute approximate surface area is 159 Å². The molecule has 0 spiro atoms. The summed E-state index contributed by atoms with van der Waals surface area (Å²) in [5, 5.41) is 9.26. The molecule has 0 bridgehead atoms. The van der Waals surface area contributed by atoms with Crippen LogP contribution >= 0.6 is 0 Å². The Morgan fingerprint density at radius 2 is 1.59 bits per heavy atom. The number of rotatable bonds is 0. The molecule has 0 fully saturated rings. The van der Waals surface area contributed by atoms with Crippen LogP contribution in [-0.2, 0) is 18.3 Å². The fraction of sp³-hybridized carbons (Fsp3) is 0.259. The molecular weight excluding hydrogens is 324 g/mol. The van der Waals surface area contributed by atoms with Crippen LogP contribution in [0.3, 0.4) is 0 Å². The Bertz CT molecular complexity index is 1400. The van der Waals surface area contributed by atoms with E-state index in [9.17, 15) is 0 Å². The summed E-state index contributed by atoms with van der Waals surface area (Å²) >= 11 is 0. The van der Waals surface area contributed by atoms with Gasteiger partial charge < -0.3 is 0 Å². The monoisotopic (exact) mass is 346 g/mol. The zero-order chi connectivity index (χ0) is 18.1. The third-order valence-electron chi connectivity index (χ3n) is 7.13. The van der Waals surface area contributed by atoms with Crippen molar-refractivity contribution in [2.24, 2.45) is 0 Å². The highest BCUT2D eigenvalue weighted by molar-refractivity contribution is 6.32. The molecule has 0 unspecified atom stereocenters. The van der Waals surface area contributed by atoms with Crippen LogP contribution in [0.1, 0.15) is 60.6 Å². The molecule has 130 valence electrons. The van der Waals surface area contributed by atoms with Crippen molar-refractivity contribution in [3.63, 3.8) is 0 Å². The summed E-state index contributed by atoms with van der Waals surface area (Å²) in [4.78, 5) is 0. The summed E-state index contributed by atoms with van der Waals surface area (Å²) in [5.41, 5.74) is 11.0. The van der Waals surface area contributed by atoms with Gasteiger partial charge >= 0.3 is 0 Å². The Balaban J connectivity index is 1.91. The van der Waals surface area contributed by atoms with Crippen molar-refractivity contribution in [3.05, 3.63) is 75.9 Å². The van der Waals surface area contributed by atoms with Gasteiger partial charge in [-0.2, -0.15) is 0 Å². The zero-order valence-electron chi connectivity index (χ0n) is 16.2. The first kappa shape index (κ1) is 14.5. The van der Waals surface area contributed by atoms with Crippen LogP contribution < -0.4 is 0 Å². The van der Waals surface area contributed by atoms with E-state index in [2.05, 4.69) is 63.2 Å². The highest BCUT2D eigenvalue weighted by Gasteiger charge is 2.36. The molecule has 0 nitrogen and oxygen atoms in total. The highest BCUT2D eigenvalue weighted by atomic mass is 14.4. The lowest BCUT2D eigenvalue weighted by atomic mass is 9.78. The number of hydrogen-bond acceptors (Lipinski definition) is 0. The Morgan fingerprint density at radius 1 is 0.778 bits per heavy atom. The lowest BCUT2D eigenvalue weighted by Crippen LogP contribution is -2.15. The lowest BCUT2D eigenvalue weighted by Gasteiger charge is -2.26. The standard InChI is InChI=1S/C27H22/c1-27(2,3)26-19-12-6-11-18-17-10-5-9-16-15-8-4-7-14-13-20(26)24(21(14)15)25(22(16)17)23(18)19/h4,6-8,10-12H,5,9,13H2,1-3H3. The van der Waals surface area contributed by atoms with Gasteiger partial charge in [-0.15, -0.1) is 0 Å². The molecule has 4 aromatic rings. The Morgan fingerprint density at radius 3 is 2.44 bits per heavy atom. The van der Waals surface area contributed by atoms with Gasteiger partial charge in [0.25, 0.3) is 0 Å². The molecule has 3 aliphatic rings. The fourth-order valence-electron chi connectivity index (χ4n) is 6.41. The number of aryl methyl sites for hydroxylation is 1. The minimum Gasteiger partial charge on any atom is -0.0757 e. The maximum atomic E-state index is 2.50. The maximum absolute atomic E-state index is 2.50. The molecule has 0 saturated carbocycles. The van der Waals surface area contributed by atoms with Gasteiger partial charge in [-0.1, -0.05) is 63.2 Å². The summed E-state index contributed by atoms with van der Waals surface area (Å²) in [6, 6.07) is 14.1. The van der Waals surface area contributed by atoms with E-state index in [0.717, 1.165) is 12.8 Å². The molecular formula is C27H22. The van der Waals surface area contributed by atoms with Gasteiger partial charge in [0.1, 0.15) is 0 Å². The van der Waals surface area contributed by atoms with Crippen molar-refractivity contribution in [1.29, 1.82) is 0 Å². The van der Waals surface area contributed by atoms with Gasteiger partial charge in [0.05, 0.1) is 0 Å². The number of allylic oxidation sites excluding steroid dienone is 1. The second-order valence-electron chi connectivity index (χ2n) is 9.61. The first-order valence-electron chi connectivity index (χ1n) is 10.2. The van der Waals surface area contributed by atoms with Crippen molar-refractivity contribution < 1.29 is 0 Å². The highest BCUT2D eigenvalue weighted by Crippen LogP contribution is 2.56. The molecule has 27 heavy (non-hydrogen) atoms. The van der Waals surface area contributed by atoms with Gasteiger partial charge in [0.2, 0.25) is 0 Å². The van der Waals surface area contributed by atoms with Crippen LogP contribution in [0.25, 0.3) is 37.9 Å². The van der Waals surface area contributed by atoms with E-state index in [1.54, 1.807) is 38.4 Å². The quantitative estimate of drug-likeness (QED) is 0.259. The number of fused-ring (bicyclic) bond motifs is 2. The van der Waals surface area contributed by atoms with Crippen LogP contribution in [-0.4, -0.2) is 0 Å². The summed E-state index contributed by atoms with van der Waals surface area (Å²) in [6.07, 6.45) is 5.94. The van der Waals surface area contributed by atoms with Gasteiger partial charge in [0, 0.05) is 0 Å². The van der Waals surface area contributed by atoms with E-state index in [0.29, 0.717) is 0 Å². The van der Waals surface area contributed by atoms with Crippen molar-refractivity contribution in [1.82, 2.24) is 0 Å². The van der Waals surface area contributed by atoms with Crippen molar-refractivity contribution in [2.75, 3.05) is 0 Å². The van der Waals surface area contributed by atoms with Crippen molar-refractivity contribution in [2.45, 2.75) is 45.4 Å². The van der Waals surface area contributed by atoms with Crippen molar-refractivity contribution >= 4 is 37.9 Å². The zero-order valence-corrected chi connectivity index (χ0v) is 16.2. The molecule has 3 aliphatic carbocycles. The molecule has 0 saturated heterocycles. The van der Waals surface area contributed by atoms with Crippen LogP contribution in [0.15, 0.2) is 42.5 Å². The number of hydrogen-bond donors (Lipinski definition) is 0. The molecule has 0 aromatic heterocycles. The Hall–Kier alpha value is -2.60. The summed E-state index contributed by atoms with van der Waals surface area (Å²) < 4.78 is 0. The van der Waals surface area contributed by atoms with E-state index in [4.69, 9.17) is 0 Å². The van der Waals surface area contributed by atoms with Gasteiger partial charge in [0.15, 0.2) is 0 Å². The largest absolute Gasteiger partial charge is 0.0757 e. The van der Waals surface area contributed by atoms with Gasteiger partial charge in [-0.25, -0.2) is 0 Å². The molecule has 0 radical (unpaired) electrons. The van der Waals surface area contributed by atoms with Gasteiger partial charge in [-0.3, -0.25) is 0 Å². The van der Waals surface area contributed by atoms with Crippen LogP contribution in [0.2, 0.25) is 0 Å². The normalized spacial score (nSPS) is 16.5. The molecule has 0 N–H and O–H groups in total. The van der Waals surface area contributed by atoms with Crippen LogP contribution in [0, 0.1) is 0 Å². The first-order chi connectivity index (χ1) is 13.1. The molecule has 7 rings (SSSR count). The van der Waals surface area contributed by atoms with Crippen LogP contribution in [0.5, 0.6) is 0 Å².